The summed E-state index contributed by atoms with van der Waals surface area (Å²) in [7, 11) is 0. The number of aromatic nitrogens is 2. The highest BCUT2D eigenvalue weighted by Crippen LogP contribution is 2.25. The Bertz CT molecular complexity index is 773. The molecule has 27 heavy (non-hydrogen) atoms. The molecule has 0 fully saturated rings. The molecule has 6 nitrogen and oxygen atoms in total. The summed E-state index contributed by atoms with van der Waals surface area (Å²) in [5, 5.41) is 11.6. The maximum Gasteiger partial charge on any atom is 0.232 e. The molecule has 1 aromatic carbocycles. The molecule has 0 aliphatic heterocycles. The first-order valence-corrected chi connectivity index (χ1v) is 9.29. The van der Waals surface area contributed by atoms with Gasteiger partial charge in [-0.1, -0.05) is 55.2 Å². The minimum Gasteiger partial charge on any atom is -0.357 e. The van der Waals surface area contributed by atoms with Crippen molar-refractivity contribution in [3.8, 4) is 0 Å². The van der Waals surface area contributed by atoms with Crippen LogP contribution < -0.4 is 10.6 Å². The highest BCUT2D eigenvalue weighted by atomic mass is 127. The van der Waals surface area contributed by atoms with Gasteiger partial charge in [-0.2, -0.15) is 4.98 Å². The molecule has 0 saturated carbocycles. The molecule has 2 N–H and O–H groups in total. The van der Waals surface area contributed by atoms with Gasteiger partial charge in [-0.15, -0.1) is 24.0 Å². The van der Waals surface area contributed by atoms with Gasteiger partial charge in [0, 0.05) is 12.0 Å². The Morgan fingerprint density at radius 2 is 1.96 bits per heavy atom. The average molecular weight is 526 g/mol. The molecule has 1 atom stereocenters. The van der Waals surface area contributed by atoms with Crippen molar-refractivity contribution in [3.05, 3.63) is 45.5 Å². The molecular formula is C18H26Cl2IN5O. The SMILES string of the molecule is CCNC(=NCc1noc(C(C)(C)C)n1)NC(C)c1ccc(Cl)c(Cl)c1.I. The summed E-state index contributed by atoms with van der Waals surface area (Å²) in [4.78, 5) is 8.93. The molecule has 2 aromatic rings. The van der Waals surface area contributed by atoms with E-state index in [-0.39, 0.29) is 35.4 Å². The fraction of sp³-hybridized carbons (Fsp3) is 0.500. The molecule has 0 bridgehead atoms. The van der Waals surface area contributed by atoms with E-state index < -0.39 is 0 Å². The number of nitrogens with zero attached hydrogens (tertiary/aromatic N) is 3. The largest absolute Gasteiger partial charge is 0.357 e. The van der Waals surface area contributed by atoms with Crippen LogP contribution in [0.3, 0.4) is 0 Å². The molecule has 0 amide bonds. The van der Waals surface area contributed by atoms with Crippen molar-refractivity contribution in [2.45, 2.75) is 52.6 Å². The lowest BCUT2D eigenvalue weighted by molar-refractivity contribution is 0.318. The zero-order valence-corrected chi connectivity index (χ0v) is 20.0. The van der Waals surface area contributed by atoms with E-state index in [1.165, 1.54) is 0 Å². The Morgan fingerprint density at radius 3 is 2.52 bits per heavy atom. The maximum atomic E-state index is 6.10. The van der Waals surface area contributed by atoms with Crippen molar-refractivity contribution in [2.75, 3.05) is 6.54 Å². The highest BCUT2D eigenvalue weighted by molar-refractivity contribution is 14.0. The van der Waals surface area contributed by atoms with Crippen molar-refractivity contribution in [3.63, 3.8) is 0 Å². The number of aliphatic imine (C=N–C) groups is 1. The second-order valence-corrected chi connectivity index (χ2v) is 7.81. The summed E-state index contributed by atoms with van der Waals surface area (Å²) in [5.74, 6) is 1.81. The Kier molecular flexibility index (Phi) is 9.30. The summed E-state index contributed by atoms with van der Waals surface area (Å²) in [6, 6.07) is 5.57. The number of hydrogen-bond donors (Lipinski definition) is 2. The van der Waals surface area contributed by atoms with E-state index in [1.807, 2.05) is 46.8 Å². The molecule has 0 radical (unpaired) electrons. The monoisotopic (exact) mass is 525 g/mol. The normalized spacial score (nSPS) is 13.1. The molecular weight excluding hydrogens is 500 g/mol. The van der Waals surface area contributed by atoms with Crippen molar-refractivity contribution in [1.82, 2.24) is 20.8 Å². The van der Waals surface area contributed by atoms with Gasteiger partial charge in [0.15, 0.2) is 11.8 Å². The quantitative estimate of drug-likeness (QED) is 0.322. The molecule has 1 unspecified atom stereocenters. The van der Waals surface area contributed by atoms with Gasteiger partial charge in [-0.3, -0.25) is 0 Å². The van der Waals surface area contributed by atoms with Crippen LogP contribution in [0, 0.1) is 0 Å². The molecule has 9 heteroatoms. The predicted molar refractivity (Wildman–Crippen MR) is 121 cm³/mol. The van der Waals surface area contributed by atoms with Gasteiger partial charge >= 0.3 is 0 Å². The fourth-order valence-corrected chi connectivity index (χ4v) is 2.47. The summed E-state index contributed by atoms with van der Waals surface area (Å²) in [6.45, 7) is 11.2. The summed E-state index contributed by atoms with van der Waals surface area (Å²) < 4.78 is 5.30. The summed E-state index contributed by atoms with van der Waals surface area (Å²) >= 11 is 12.1. The Morgan fingerprint density at radius 1 is 1.26 bits per heavy atom. The van der Waals surface area contributed by atoms with Gasteiger partial charge in [0.1, 0.15) is 6.54 Å². The van der Waals surface area contributed by atoms with Crippen LogP contribution in [0.1, 0.15) is 57.9 Å². The fourth-order valence-electron chi connectivity index (χ4n) is 2.16. The van der Waals surface area contributed by atoms with Crippen LogP contribution in [0.25, 0.3) is 0 Å². The van der Waals surface area contributed by atoms with Gasteiger partial charge < -0.3 is 15.2 Å². The topological polar surface area (TPSA) is 75.3 Å². The van der Waals surface area contributed by atoms with Gasteiger partial charge in [0.05, 0.1) is 16.1 Å². The van der Waals surface area contributed by atoms with E-state index in [0.29, 0.717) is 34.3 Å². The van der Waals surface area contributed by atoms with Crippen molar-refractivity contribution < 1.29 is 4.52 Å². The molecule has 0 saturated heterocycles. The van der Waals surface area contributed by atoms with Crippen LogP contribution in [0.15, 0.2) is 27.7 Å². The Labute approximate surface area is 187 Å². The summed E-state index contributed by atoms with van der Waals surface area (Å²) in [5.41, 5.74) is 0.833. The minimum atomic E-state index is -0.180. The third-order valence-electron chi connectivity index (χ3n) is 3.63. The lowest BCUT2D eigenvalue weighted by Gasteiger charge is -2.18. The Hall–Kier alpha value is -1.06. The van der Waals surface area contributed by atoms with E-state index in [4.69, 9.17) is 27.7 Å². The third kappa shape index (κ3) is 7.12. The molecule has 0 spiro atoms. The second-order valence-electron chi connectivity index (χ2n) is 7.00. The summed E-state index contributed by atoms with van der Waals surface area (Å²) in [6.07, 6.45) is 0. The Balaban J connectivity index is 0.00000364. The zero-order valence-electron chi connectivity index (χ0n) is 16.1. The molecule has 0 aliphatic carbocycles. The van der Waals surface area contributed by atoms with Gasteiger partial charge in [0.25, 0.3) is 0 Å². The van der Waals surface area contributed by atoms with Gasteiger partial charge in [-0.25, -0.2) is 4.99 Å². The standard InChI is InChI=1S/C18H25Cl2N5O.HI/c1-6-21-17(22-10-15-24-16(26-25-15)18(3,4)5)23-11(2)12-7-8-13(19)14(20)9-12;/h7-9,11H,6,10H2,1-5H3,(H2,21,22,23);1H. The molecule has 1 aromatic heterocycles. The highest BCUT2D eigenvalue weighted by Gasteiger charge is 2.21. The second kappa shape index (κ2) is 10.5. The van der Waals surface area contributed by atoms with Crippen LogP contribution in [0.2, 0.25) is 10.0 Å². The zero-order chi connectivity index (χ0) is 19.3. The van der Waals surface area contributed by atoms with Crippen molar-refractivity contribution >= 4 is 53.1 Å². The first-order valence-electron chi connectivity index (χ1n) is 8.53. The lowest BCUT2D eigenvalue weighted by Crippen LogP contribution is -2.38. The molecule has 1 heterocycles. The van der Waals surface area contributed by atoms with E-state index in [9.17, 15) is 0 Å². The van der Waals surface area contributed by atoms with Crippen molar-refractivity contribution in [1.29, 1.82) is 0 Å². The first kappa shape index (κ1) is 24.0. The van der Waals surface area contributed by atoms with Crippen LogP contribution in [0.4, 0.5) is 0 Å². The van der Waals surface area contributed by atoms with Gasteiger partial charge in [-0.05, 0) is 31.5 Å². The van der Waals surface area contributed by atoms with E-state index in [2.05, 4.69) is 25.8 Å². The first-order chi connectivity index (χ1) is 12.2. The predicted octanol–water partition coefficient (Wildman–Crippen LogP) is 5.11. The number of benzene rings is 1. The number of halogens is 3. The third-order valence-corrected chi connectivity index (χ3v) is 4.37. The number of hydrogen-bond acceptors (Lipinski definition) is 4. The van der Waals surface area contributed by atoms with E-state index in [1.54, 1.807) is 6.07 Å². The van der Waals surface area contributed by atoms with E-state index in [0.717, 1.165) is 12.1 Å². The van der Waals surface area contributed by atoms with Crippen molar-refractivity contribution in [2.24, 2.45) is 4.99 Å². The van der Waals surface area contributed by atoms with Crippen LogP contribution >= 0.6 is 47.2 Å². The molecule has 150 valence electrons. The lowest BCUT2D eigenvalue weighted by atomic mass is 9.97. The van der Waals surface area contributed by atoms with Crippen LogP contribution in [0.5, 0.6) is 0 Å². The maximum absolute atomic E-state index is 6.10. The minimum absolute atomic E-state index is 0. The van der Waals surface area contributed by atoms with Gasteiger partial charge in [0.2, 0.25) is 5.89 Å². The van der Waals surface area contributed by atoms with Crippen LogP contribution in [-0.4, -0.2) is 22.6 Å². The average Bonchev–Trinajstić information content (AvgIpc) is 3.04. The number of nitrogens with one attached hydrogen (secondary N) is 2. The van der Waals surface area contributed by atoms with E-state index >= 15 is 0 Å². The number of rotatable bonds is 5. The smallest absolute Gasteiger partial charge is 0.232 e. The molecule has 2 rings (SSSR count). The number of guanidine groups is 1. The van der Waals surface area contributed by atoms with Crippen LogP contribution in [-0.2, 0) is 12.0 Å². The molecule has 0 aliphatic rings.